The van der Waals surface area contributed by atoms with Crippen molar-refractivity contribution >= 4 is 36.7 Å². The van der Waals surface area contributed by atoms with Crippen molar-refractivity contribution in [3.05, 3.63) is 47.0 Å². The van der Waals surface area contributed by atoms with Gasteiger partial charge in [0.2, 0.25) is 0 Å². The molecule has 0 aromatic heterocycles. The minimum atomic E-state index is -0.315. The van der Waals surface area contributed by atoms with Gasteiger partial charge in [0.15, 0.2) is 5.78 Å². The monoisotopic (exact) mass is 301 g/mol. The Morgan fingerprint density at radius 1 is 1.10 bits per heavy atom. The molecule has 0 fully saturated rings. The summed E-state index contributed by atoms with van der Waals surface area (Å²) in [5.74, 6) is 0.426. The molecule has 4 rings (SSSR count). The molecule has 0 spiro atoms. The molecule has 0 amide bonds. The number of carbonyl (C=O) groups excluding carboxylic acids is 1. The molecule has 1 aliphatic carbocycles. The van der Waals surface area contributed by atoms with E-state index in [4.69, 9.17) is 10.5 Å². The van der Waals surface area contributed by atoms with E-state index in [-0.39, 0.29) is 17.8 Å². The van der Waals surface area contributed by atoms with Gasteiger partial charge >= 0.3 is 0 Å². The highest BCUT2D eigenvalue weighted by Gasteiger charge is 2.48. The fourth-order valence-corrected chi connectivity index (χ4v) is 3.46. The summed E-state index contributed by atoms with van der Waals surface area (Å²) < 4.78 is 5.96. The number of thiol groups is 2. The molecule has 2 aromatic carbocycles. The Bertz CT molecular complexity index is 773. The molecule has 0 saturated heterocycles. The number of carbonyl (C=O) groups is 1. The molecule has 2 unspecified atom stereocenters. The largest absolute Gasteiger partial charge is 0.484 e. The highest BCUT2D eigenvalue weighted by molar-refractivity contribution is 7.83. The predicted molar refractivity (Wildman–Crippen MR) is 82.2 cm³/mol. The number of hydrogen-bond donors (Lipinski definition) is 3. The van der Waals surface area contributed by atoms with Crippen LogP contribution in [0.1, 0.15) is 33.5 Å². The molecule has 1 heterocycles. The molecule has 0 saturated carbocycles. The maximum Gasteiger partial charge on any atom is 0.177 e. The smallest absolute Gasteiger partial charge is 0.177 e. The zero-order valence-electron chi connectivity index (χ0n) is 10.3. The van der Waals surface area contributed by atoms with Gasteiger partial charge in [0.1, 0.15) is 11.9 Å². The summed E-state index contributed by atoms with van der Waals surface area (Å²) >= 11 is 8.71. The Balaban J connectivity index is 1.93. The van der Waals surface area contributed by atoms with Gasteiger partial charge in [-0.2, -0.15) is 0 Å². The van der Waals surface area contributed by atoms with Crippen LogP contribution in [0.25, 0.3) is 0 Å². The van der Waals surface area contributed by atoms with E-state index < -0.39 is 0 Å². The fourth-order valence-electron chi connectivity index (χ4n) is 3.07. The number of Topliss-reactive ketones (excluding diaryl/α,β-unsaturated/α-hetero) is 1. The third-order valence-corrected chi connectivity index (χ3v) is 4.88. The van der Waals surface area contributed by atoms with Crippen LogP contribution in [0.5, 0.6) is 5.75 Å². The van der Waals surface area contributed by atoms with E-state index in [0.717, 1.165) is 20.9 Å². The molecule has 3 nitrogen and oxygen atoms in total. The van der Waals surface area contributed by atoms with E-state index in [0.29, 0.717) is 17.0 Å². The lowest BCUT2D eigenvalue weighted by atomic mass is 9.95. The van der Waals surface area contributed by atoms with Crippen molar-refractivity contribution in [2.45, 2.75) is 21.8 Å². The third-order valence-electron chi connectivity index (χ3n) is 3.96. The van der Waals surface area contributed by atoms with E-state index in [9.17, 15) is 4.79 Å². The molecule has 1 aliphatic heterocycles. The molecule has 2 atom stereocenters. The zero-order chi connectivity index (χ0) is 14.0. The van der Waals surface area contributed by atoms with E-state index in [1.807, 2.05) is 24.3 Å². The van der Waals surface area contributed by atoms with Crippen LogP contribution in [0.4, 0.5) is 5.69 Å². The van der Waals surface area contributed by atoms with Crippen LogP contribution in [0, 0.1) is 0 Å². The van der Waals surface area contributed by atoms with Crippen LogP contribution in [-0.4, -0.2) is 5.78 Å². The summed E-state index contributed by atoms with van der Waals surface area (Å²) in [6.45, 7) is 0. The first-order valence-corrected chi connectivity index (χ1v) is 7.12. The van der Waals surface area contributed by atoms with Gasteiger partial charge in [0, 0.05) is 32.2 Å². The molecule has 0 bridgehead atoms. The standard InChI is InChI=1S/C15H11NO2S2/c16-8-3-1-2-6-12(8)14(17)13-7-4-10(19)11(20)5-9(7)18-15(6)13/h1-5,13,15,19-20H,16H2. The first kappa shape index (κ1) is 12.2. The lowest BCUT2D eigenvalue weighted by Crippen LogP contribution is -2.08. The van der Waals surface area contributed by atoms with Crippen molar-refractivity contribution in [2.24, 2.45) is 0 Å². The Hall–Kier alpha value is -1.59. The molecule has 2 N–H and O–H groups in total. The van der Waals surface area contributed by atoms with Crippen molar-refractivity contribution in [3.63, 3.8) is 0 Å². The number of ketones is 1. The Labute approximate surface area is 126 Å². The van der Waals surface area contributed by atoms with E-state index in [1.165, 1.54) is 0 Å². The predicted octanol–water partition coefficient (Wildman–Crippen LogP) is 3.26. The van der Waals surface area contributed by atoms with Gasteiger partial charge in [-0.25, -0.2) is 0 Å². The number of nitrogens with two attached hydrogens (primary N) is 1. The molecule has 2 aromatic rings. The van der Waals surface area contributed by atoms with Crippen LogP contribution < -0.4 is 10.5 Å². The molecule has 100 valence electrons. The van der Waals surface area contributed by atoms with Crippen molar-refractivity contribution in [3.8, 4) is 5.75 Å². The number of anilines is 1. The summed E-state index contributed by atoms with van der Waals surface area (Å²) in [6, 6.07) is 9.19. The highest BCUT2D eigenvalue weighted by Crippen LogP contribution is 2.54. The molecule has 2 aliphatic rings. The second kappa shape index (κ2) is 3.96. The number of fused-ring (bicyclic) bond motifs is 5. The SMILES string of the molecule is Nc1cccc2c1C(=O)C1c3cc(S)c(S)cc3OC21. The van der Waals surface area contributed by atoms with Crippen molar-refractivity contribution in [2.75, 3.05) is 5.73 Å². The van der Waals surface area contributed by atoms with Crippen molar-refractivity contribution in [1.29, 1.82) is 0 Å². The molecular weight excluding hydrogens is 290 g/mol. The number of nitrogen functional groups attached to an aromatic ring is 1. The minimum Gasteiger partial charge on any atom is -0.484 e. The average Bonchev–Trinajstić information content (AvgIpc) is 2.89. The van der Waals surface area contributed by atoms with Crippen molar-refractivity contribution < 1.29 is 9.53 Å². The van der Waals surface area contributed by atoms with Crippen molar-refractivity contribution in [1.82, 2.24) is 0 Å². The van der Waals surface area contributed by atoms with E-state index >= 15 is 0 Å². The quantitative estimate of drug-likeness (QED) is 0.517. The highest BCUT2D eigenvalue weighted by atomic mass is 32.1. The number of ether oxygens (including phenoxy) is 1. The summed E-state index contributed by atoms with van der Waals surface area (Å²) in [7, 11) is 0. The maximum atomic E-state index is 12.7. The summed E-state index contributed by atoms with van der Waals surface area (Å²) in [4.78, 5) is 14.1. The molecule has 20 heavy (non-hydrogen) atoms. The average molecular weight is 301 g/mol. The van der Waals surface area contributed by atoms with Crippen LogP contribution in [0.3, 0.4) is 0 Å². The van der Waals surface area contributed by atoms with Gasteiger partial charge in [-0.15, -0.1) is 25.3 Å². The lowest BCUT2D eigenvalue weighted by Gasteiger charge is -2.10. The maximum absolute atomic E-state index is 12.7. The summed E-state index contributed by atoms with van der Waals surface area (Å²) in [5.41, 5.74) is 8.80. The number of rotatable bonds is 0. The number of benzene rings is 2. The van der Waals surface area contributed by atoms with Gasteiger partial charge < -0.3 is 10.5 Å². The Kier molecular flexibility index (Phi) is 2.41. The second-order valence-electron chi connectivity index (χ2n) is 5.07. The Morgan fingerprint density at radius 2 is 1.85 bits per heavy atom. The van der Waals surface area contributed by atoms with Crippen LogP contribution in [0.15, 0.2) is 40.1 Å². The van der Waals surface area contributed by atoms with Crippen LogP contribution in [-0.2, 0) is 0 Å². The zero-order valence-corrected chi connectivity index (χ0v) is 12.1. The first-order chi connectivity index (χ1) is 9.58. The van der Waals surface area contributed by atoms with Crippen LogP contribution in [0.2, 0.25) is 0 Å². The van der Waals surface area contributed by atoms with E-state index in [1.54, 1.807) is 6.07 Å². The third kappa shape index (κ3) is 1.42. The van der Waals surface area contributed by atoms with E-state index in [2.05, 4.69) is 25.3 Å². The van der Waals surface area contributed by atoms with Gasteiger partial charge in [-0.1, -0.05) is 12.1 Å². The minimum absolute atomic E-state index is 0.0292. The molecule has 0 radical (unpaired) electrons. The van der Waals surface area contributed by atoms with Gasteiger partial charge in [-0.3, -0.25) is 4.79 Å². The van der Waals surface area contributed by atoms with Gasteiger partial charge in [0.05, 0.1) is 5.92 Å². The van der Waals surface area contributed by atoms with Gasteiger partial charge in [-0.05, 0) is 18.2 Å². The summed E-state index contributed by atoms with van der Waals surface area (Å²) in [6.07, 6.45) is -0.279. The topological polar surface area (TPSA) is 52.3 Å². The van der Waals surface area contributed by atoms with Gasteiger partial charge in [0.25, 0.3) is 0 Å². The fraction of sp³-hybridized carbons (Fsp3) is 0.133. The molecular formula is C15H11NO2S2. The summed E-state index contributed by atoms with van der Waals surface area (Å²) in [5, 5.41) is 0. The normalized spacial score (nSPS) is 22.2. The Morgan fingerprint density at radius 3 is 2.65 bits per heavy atom. The second-order valence-corrected chi connectivity index (χ2v) is 6.03. The first-order valence-electron chi connectivity index (χ1n) is 6.23. The number of hydrogen-bond acceptors (Lipinski definition) is 5. The molecule has 5 heteroatoms. The van der Waals surface area contributed by atoms with Crippen LogP contribution >= 0.6 is 25.3 Å². The lowest BCUT2D eigenvalue weighted by molar-refractivity contribution is 0.0935.